The monoisotopic (exact) mass is 198 g/mol. The number of carbonyl (C=O) groups is 2. The summed E-state index contributed by atoms with van der Waals surface area (Å²) >= 11 is 0. The van der Waals surface area contributed by atoms with Crippen molar-refractivity contribution in [2.75, 3.05) is 6.54 Å². The van der Waals surface area contributed by atoms with E-state index in [1.54, 1.807) is 11.8 Å². The van der Waals surface area contributed by atoms with E-state index >= 15 is 0 Å². The second kappa shape index (κ2) is 4.44. The molecule has 2 amide bonds. The number of primary amides is 1. The fourth-order valence-electron chi connectivity index (χ4n) is 1.94. The summed E-state index contributed by atoms with van der Waals surface area (Å²) in [7, 11) is 0. The van der Waals surface area contributed by atoms with Crippen molar-refractivity contribution in [1.29, 1.82) is 0 Å². The van der Waals surface area contributed by atoms with Gasteiger partial charge in [0.15, 0.2) is 0 Å². The summed E-state index contributed by atoms with van der Waals surface area (Å²) in [5.74, 6) is 0.0551. The summed E-state index contributed by atoms with van der Waals surface area (Å²) in [6.07, 6.45) is 2.70. The van der Waals surface area contributed by atoms with Crippen LogP contribution in [-0.4, -0.2) is 29.3 Å². The lowest BCUT2D eigenvalue weighted by Gasteiger charge is -2.21. The van der Waals surface area contributed by atoms with E-state index in [0.717, 1.165) is 12.8 Å². The van der Waals surface area contributed by atoms with Crippen LogP contribution >= 0.6 is 0 Å². The van der Waals surface area contributed by atoms with Gasteiger partial charge in [-0.2, -0.15) is 0 Å². The number of hydrogen-bond donors (Lipinski definition) is 1. The fraction of sp³-hybridized carbons (Fsp3) is 0.800. The number of hydrogen-bond acceptors (Lipinski definition) is 2. The lowest BCUT2D eigenvalue weighted by molar-refractivity contribution is -0.135. The molecule has 1 fully saturated rings. The van der Waals surface area contributed by atoms with E-state index in [-0.39, 0.29) is 5.91 Å². The van der Waals surface area contributed by atoms with Crippen molar-refractivity contribution in [3.63, 3.8) is 0 Å². The van der Waals surface area contributed by atoms with Crippen LogP contribution in [0.25, 0.3) is 0 Å². The number of rotatable bonds is 4. The molecule has 0 aromatic carbocycles. The van der Waals surface area contributed by atoms with Gasteiger partial charge in [0, 0.05) is 13.0 Å². The van der Waals surface area contributed by atoms with E-state index in [1.165, 1.54) is 0 Å². The van der Waals surface area contributed by atoms with Crippen molar-refractivity contribution in [3.8, 4) is 0 Å². The van der Waals surface area contributed by atoms with Gasteiger partial charge in [-0.3, -0.25) is 9.59 Å². The average Bonchev–Trinajstić information content (AvgIpc) is 2.46. The first-order valence-electron chi connectivity index (χ1n) is 5.15. The second-order valence-electron chi connectivity index (χ2n) is 3.98. The summed E-state index contributed by atoms with van der Waals surface area (Å²) < 4.78 is 0. The minimum absolute atomic E-state index is 0.0646. The summed E-state index contributed by atoms with van der Waals surface area (Å²) in [5.41, 5.74) is 5.16. The molecule has 1 aliphatic heterocycles. The molecule has 2 atom stereocenters. The van der Waals surface area contributed by atoms with Gasteiger partial charge >= 0.3 is 0 Å². The van der Waals surface area contributed by atoms with E-state index in [0.29, 0.717) is 18.9 Å². The molecule has 1 rings (SSSR count). The lowest BCUT2D eigenvalue weighted by atomic mass is 10.0. The van der Waals surface area contributed by atoms with Gasteiger partial charge in [-0.05, 0) is 19.3 Å². The molecule has 0 aromatic heterocycles. The Hall–Kier alpha value is -1.06. The zero-order valence-corrected chi connectivity index (χ0v) is 8.82. The van der Waals surface area contributed by atoms with Gasteiger partial charge in [-0.15, -0.1) is 0 Å². The molecule has 0 unspecified atom stereocenters. The summed E-state index contributed by atoms with van der Waals surface area (Å²) in [5, 5.41) is 0. The quantitative estimate of drug-likeness (QED) is 0.715. The van der Waals surface area contributed by atoms with Gasteiger partial charge in [0.2, 0.25) is 11.8 Å². The Labute approximate surface area is 84.4 Å². The lowest BCUT2D eigenvalue weighted by Crippen LogP contribution is -2.43. The van der Waals surface area contributed by atoms with Crippen LogP contribution < -0.4 is 5.73 Å². The predicted octanol–water partition coefficient (Wildman–Crippen LogP) is 0.509. The minimum atomic E-state index is -0.454. The molecule has 0 aliphatic carbocycles. The van der Waals surface area contributed by atoms with Crippen LogP contribution in [-0.2, 0) is 9.59 Å². The number of nitrogens with two attached hydrogens (primary N) is 1. The molecular weight excluding hydrogens is 180 g/mol. The topological polar surface area (TPSA) is 63.4 Å². The molecule has 0 bridgehead atoms. The Balaban J connectivity index is 2.56. The van der Waals surface area contributed by atoms with Crippen LogP contribution in [0.5, 0.6) is 0 Å². The zero-order chi connectivity index (χ0) is 10.7. The molecule has 1 heterocycles. The minimum Gasteiger partial charge on any atom is -0.368 e. The van der Waals surface area contributed by atoms with E-state index in [9.17, 15) is 9.59 Å². The van der Waals surface area contributed by atoms with Crippen molar-refractivity contribution in [2.45, 2.75) is 39.2 Å². The van der Waals surface area contributed by atoms with E-state index in [1.807, 2.05) is 0 Å². The maximum atomic E-state index is 11.5. The van der Waals surface area contributed by atoms with E-state index < -0.39 is 11.9 Å². The first-order chi connectivity index (χ1) is 6.56. The molecule has 4 nitrogen and oxygen atoms in total. The largest absolute Gasteiger partial charge is 0.368 e. The number of amides is 2. The van der Waals surface area contributed by atoms with Crippen LogP contribution in [0.15, 0.2) is 0 Å². The highest BCUT2D eigenvalue weighted by atomic mass is 16.2. The highest BCUT2D eigenvalue weighted by Gasteiger charge is 2.33. The van der Waals surface area contributed by atoms with Crippen LogP contribution in [0.2, 0.25) is 0 Å². The average molecular weight is 198 g/mol. The van der Waals surface area contributed by atoms with Gasteiger partial charge in [-0.1, -0.05) is 13.3 Å². The highest BCUT2D eigenvalue weighted by molar-refractivity contribution is 5.87. The number of carbonyl (C=O) groups excluding carboxylic acids is 2. The maximum absolute atomic E-state index is 11.5. The molecule has 2 N–H and O–H groups in total. The van der Waals surface area contributed by atoms with Crippen LogP contribution in [0.1, 0.15) is 33.1 Å². The van der Waals surface area contributed by atoms with Gasteiger partial charge in [0.05, 0.1) is 0 Å². The Morgan fingerprint density at radius 2 is 2.36 bits per heavy atom. The summed E-state index contributed by atoms with van der Waals surface area (Å²) in [6, 6.07) is -0.454. The molecule has 0 aromatic rings. The first-order valence-corrected chi connectivity index (χ1v) is 5.15. The van der Waals surface area contributed by atoms with Gasteiger partial charge < -0.3 is 10.6 Å². The number of nitrogens with zero attached hydrogens (tertiary/aromatic N) is 1. The normalized spacial score (nSPS) is 24.0. The summed E-state index contributed by atoms with van der Waals surface area (Å²) in [4.78, 5) is 24.0. The second-order valence-corrected chi connectivity index (χ2v) is 3.98. The Kier molecular flexibility index (Phi) is 3.49. The van der Waals surface area contributed by atoms with Crippen molar-refractivity contribution in [2.24, 2.45) is 11.7 Å². The predicted molar refractivity (Wildman–Crippen MR) is 53.4 cm³/mol. The third kappa shape index (κ3) is 2.25. The molecule has 1 aliphatic rings. The van der Waals surface area contributed by atoms with E-state index in [4.69, 9.17) is 5.73 Å². The standard InChI is InChI=1S/C10H18N2O2/c1-3-4-8-5-9(13)12(6-8)7(2)10(11)14/h7-8H,3-6H2,1-2H3,(H2,11,14)/t7-,8+/m0/s1. The smallest absolute Gasteiger partial charge is 0.239 e. The highest BCUT2D eigenvalue weighted by Crippen LogP contribution is 2.23. The molecule has 0 saturated carbocycles. The number of likely N-dealkylation sites (tertiary alicyclic amines) is 1. The molecule has 1 saturated heterocycles. The Morgan fingerprint density at radius 1 is 1.71 bits per heavy atom. The van der Waals surface area contributed by atoms with Crippen molar-refractivity contribution < 1.29 is 9.59 Å². The third-order valence-corrected chi connectivity index (χ3v) is 2.81. The van der Waals surface area contributed by atoms with Crippen LogP contribution in [0.3, 0.4) is 0 Å². The van der Waals surface area contributed by atoms with Crippen LogP contribution in [0, 0.1) is 5.92 Å². The van der Waals surface area contributed by atoms with Crippen molar-refractivity contribution in [3.05, 3.63) is 0 Å². The zero-order valence-electron chi connectivity index (χ0n) is 8.82. The molecular formula is C10H18N2O2. The van der Waals surface area contributed by atoms with E-state index in [2.05, 4.69) is 6.92 Å². The van der Waals surface area contributed by atoms with Gasteiger partial charge in [0.1, 0.15) is 6.04 Å². The Morgan fingerprint density at radius 3 is 2.86 bits per heavy atom. The molecule has 80 valence electrons. The summed E-state index contributed by atoms with van der Waals surface area (Å²) in [6.45, 7) is 4.48. The van der Waals surface area contributed by atoms with Gasteiger partial charge in [-0.25, -0.2) is 0 Å². The van der Waals surface area contributed by atoms with Crippen molar-refractivity contribution >= 4 is 11.8 Å². The Bertz CT molecular complexity index is 240. The molecule has 0 radical (unpaired) electrons. The maximum Gasteiger partial charge on any atom is 0.239 e. The SMILES string of the molecule is CCC[C@@H]1CC(=O)N([C@@H](C)C(N)=O)C1. The molecule has 4 heteroatoms. The molecule has 0 spiro atoms. The van der Waals surface area contributed by atoms with Crippen LogP contribution in [0.4, 0.5) is 0 Å². The third-order valence-electron chi connectivity index (χ3n) is 2.81. The fourth-order valence-corrected chi connectivity index (χ4v) is 1.94. The van der Waals surface area contributed by atoms with Crippen molar-refractivity contribution in [1.82, 2.24) is 4.90 Å². The van der Waals surface area contributed by atoms with Gasteiger partial charge in [0.25, 0.3) is 0 Å². The molecule has 14 heavy (non-hydrogen) atoms. The first kappa shape index (κ1) is 11.0.